The third kappa shape index (κ3) is 2.27. The van der Waals surface area contributed by atoms with Crippen molar-refractivity contribution in [3.8, 4) is 0 Å². The number of hydrogen-bond acceptors (Lipinski definition) is 2. The first-order valence-electron chi connectivity index (χ1n) is 6.44. The summed E-state index contributed by atoms with van der Waals surface area (Å²) < 4.78 is 4.36. The Morgan fingerprint density at radius 3 is 2.68 bits per heavy atom. The van der Waals surface area contributed by atoms with Crippen molar-refractivity contribution < 1.29 is 5.11 Å². The largest absolute Gasteiger partial charge is 0.392 e. The van der Waals surface area contributed by atoms with Gasteiger partial charge in [-0.1, -0.05) is 12.1 Å². The van der Waals surface area contributed by atoms with Crippen molar-refractivity contribution in [2.75, 3.05) is 0 Å². The van der Waals surface area contributed by atoms with Gasteiger partial charge in [-0.15, -0.1) is 0 Å². The molecule has 1 N–H and O–H groups in total. The normalized spacial score (nSPS) is 11.3. The van der Waals surface area contributed by atoms with Crippen molar-refractivity contribution in [3.63, 3.8) is 0 Å². The summed E-state index contributed by atoms with van der Waals surface area (Å²) in [6.07, 6.45) is 5.92. The number of aromatic nitrogens is 3. The van der Waals surface area contributed by atoms with E-state index in [-0.39, 0.29) is 6.61 Å². The Morgan fingerprint density at radius 1 is 1.11 bits per heavy atom. The van der Waals surface area contributed by atoms with Gasteiger partial charge < -0.3 is 14.2 Å². The minimum Gasteiger partial charge on any atom is -0.392 e. The molecule has 3 rings (SSSR count). The second kappa shape index (κ2) is 4.90. The van der Waals surface area contributed by atoms with E-state index in [9.17, 15) is 5.11 Å². The van der Waals surface area contributed by atoms with Crippen LogP contribution < -0.4 is 0 Å². The van der Waals surface area contributed by atoms with Crippen molar-refractivity contribution >= 4 is 10.9 Å². The fourth-order valence-electron chi connectivity index (χ4n) is 2.38. The summed E-state index contributed by atoms with van der Waals surface area (Å²) in [6.45, 7) is 3.90. The quantitative estimate of drug-likeness (QED) is 0.777. The highest BCUT2D eigenvalue weighted by Crippen LogP contribution is 2.18. The zero-order valence-corrected chi connectivity index (χ0v) is 11.0. The van der Waals surface area contributed by atoms with Crippen LogP contribution in [0.5, 0.6) is 0 Å². The van der Waals surface area contributed by atoms with E-state index in [2.05, 4.69) is 38.5 Å². The molecule has 0 aliphatic heterocycles. The summed E-state index contributed by atoms with van der Waals surface area (Å²) in [5, 5.41) is 10.4. The number of nitrogens with zero attached hydrogens (tertiary/aromatic N) is 3. The molecule has 98 valence electrons. The fourth-order valence-corrected chi connectivity index (χ4v) is 2.38. The molecule has 0 saturated heterocycles. The summed E-state index contributed by atoms with van der Waals surface area (Å²) in [5.74, 6) is 1.03. The van der Waals surface area contributed by atoms with Crippen molar-refractivity contribution in [1.82, 2.24) is 14.1 Å². The molecule has 0 aliphatic rings. The van der Waals surface area contributed by atoms with E-state index in [1.54, 1.807) is 0 Å². The number of benzene rings is 1. The van der Waals surface area contributed by atoms with Gasteiger partial charge in [-0.2, -0.15) is 0 Å². The molecule has 2 aromatic heterocycles. The maximum absolute atomic E-state index is 9.22. The van der Waals surface area contributed by atoms with Crippen LogP contribution in [0.2, 0.25) is 0 Å². The van der Waals surface area contributed by atoms with Crippen molar-refractivity contribution in [3.05, 3.63) is 54.2 Å². The lowest BCUT2D eigenvalue weighted by molar-refractivity contribution is 0.282. The van der Waals surface area contributed by atoms with Gasteiger partial charge in [0, 0.05) is 37.2 Å². The van der Waals surface area contributed by atoms with Crippen molar-refractivity contribution in [1.29, 1.82) is 0 Å². The summed E-state index contributed by atoms with van der Waals surface area (Å²) in [7, 11) is 0. The average molecular weight is 255 g/mol. The van der Waals surface area contributed by atoms with Crippen LogP contribution in [0.4, 0.5) is 0 Å². The molecule has 0 aliphatic carbocycles. The van der Waals surface area contributed by atoms with Gasteiger partial charge in [-0.3, -0.25) is 0 Å². The average Bonchev–Trinajstić information content (AvgIpc) is 3.02. The number of imidazole rings is 1. The van der Waals surface area contributed by atoms with E-state index in [4.69, 9.17) is 0 Å². The van der Waals surface area contributed by atoms with Gasteiger partial charge in [0.2, 0.25) is 0 Å². The van der Waals surface area contributed by atoms with E-state index < -0.39 is 0 Å². The second-order valence-electron chi connectivity index (χ2n) is 4.73. The minimum absolute atomic E-state index is 0.0851. The van der Waals surface area contributed by atoms with E-state index >= 15 is 0 Å². The molecule has 0 saturated carbocycles. The van der Waals surface area contributed by atoms with Gasteiger partial charge in [0.25, 0.3) is 0 Å². The van der Waals surface area contributed by atoms with E-state index in [1.807, 2.05) is 25.4 Å². The van der Waals surface area contributed by atoms with E-state index in [0.717, 1.165) is 24.5 Å². The maximum Gasteiger partial charge on any atom is 0.105 e. The van der Waals surface area contributed by atoms with Crippen LogP contribution in [0.3, 0.4) is 0 Å². The number of aryl methyl sites for hydroxylation is 3. The lowest BCUT2D eigenvalue weighted by Gasteiger charge is -2.08. The van der Waals surface area contributed by atoms with Crippen LogP contribution in [0.1, 0.15) is 11.4 Å². The lowest BCUT2D eigenvalue weighted by atomic mass is 10.2. The third-order valence-electron chi connectivity index (χ3n) is 3.53. The highest BCUT2D eigenvalue weighted by Gasteiger charge is 2.03. The molecule has 0 unspecified atom stereocenters. The van der Waals surface area contributed by atoms with Crippen LogP contribution >= 0.6 is 0 Å². The zero-order chi connectivity index (χ0) is 13.2. The Balaban J connectivity index is 1.86. The molecule has 3 aromatic rings. The third-order valence-corrected chi connectivity index (χ3v) is 3.53. The van der Waals surface area contributed by atoms with Gasteiger partial charge >= 0.3 is 0 Å². The summed E-state index contributed by atoms with van der Waals surface area (Å²) >= 11 is 0. The molecule has 0 fully saturated rings. The number of aliphatic hydroxyl groups is 1. The zero-order valence-electron chi connectivity index (χ0n) is 11.0. The molecule has 2 heterocycles. The molecule has 0 bridgehead atoms. The predicted octanol–water partition coefficient (Wildman–Crippen LogP) is 2.34. The molecule has 0 amide bonds. The van der Waals surface area contributed by atoms with Gasteiger partial charge in [0.15, 0.2) is 0 Å². The maximum atomic E-state index is 9.22. The predicted molar refractivity (Wildman–Crippen MR) is 74.8 cm³/mol. The molecule has 19 heavy (non-hydrogen) atoms. The molecule has 0 radical (unpaired) electrons. The van der Waals surface area contributed by atoms with E-state index in [1.165, 1.54) is 10.9 Å². The molecular weight excluding hydrogens is 238 g/mol. The lowest BCUT2D eigenvalue weighted by Crippen LogP contribution is -2.07. The van der Waals surface area contributed by atoms with Crippen LogP contribution in [0.25, 0.3) is 10.9 Å². The molecule has 4 nitrogen and oxygen atoms in total. The van der Waals surface area contributed by atoms with E-state index in [0.29, 0.717) is 0 Å². The van der Waals surface area contributed by atoms with Crippen LogP contribution in [-0.4, -0.2) is 19.2 Å². The highest BCUT2D eigenvalue weighted by atomic mass is 16.3. The fraction of sp³-hybridized carbons (Fsp3) is 0.267. The highest BCUT2D eigenvalue weighted by molar-refractivity contribution is 5.80. The molecule has 4 heteroatoms. The van der Waals surface area contributed by atoms with Crippen LogP contribution in [0, 0.1) is 6.92 Å². The van der Waals surface area contributed by atoms with Crippen molar-refractivity contribution in [2.45, 2.75) is 26.6 Å². The first kappa shape index (κ1) is 12.0. The van der Waals surface area contributed by atoms with Gasteiger partial charge in [-0.25, -0.2) is 4.98 Å². The first-order chi connectivity index (χ1) is 9.28. The monoisotopic (exact) mass is 255 g/mol. The Kier molecular flexibility index (Phi) is 3.09. The summed E-state index contributed by atoms with van der Waals surface area (Å²) in [5.41, 5.74) is 2.12. The Morgan fingerprint density at radius 2 is 1.95 bits per heavy atom. The standard InChI is InChI=1S/C15H17N3O/c1-12-16-5-7-17(12)8-9-18-6-4-14-3-2-13(11-19)10-15(14)18/h2-7,10,19H,8-9,11H2,1H3. The number of hydrogen-bond donors (Lipinski definition) is 1. The minimum atomic E-state index is 0.0851. The topological polar surface area (TPSA) is 43.0 Å². The second-order valence-corrected chi connectivity index (χ2v) is 4.73. The van der Waals surface area contributed by atoms with Gasteiger partial charge in [-0.05, 0) is 30.0 Å². The Labute approximate surface area is 111 Å². The van der Waals surface area contributed by atoms with Crippen LogP contribution in [0.15, 0.2) is 42.9 Å². The molecule has 0 spiro atoms. The summed E-state index contributed by atoms with van der Waals surface area (Å²) in [4.78, 5) is 4.23. The molecular formula is C15H17N3O. The molecule has 0 atom stereocenters. The van der Waals surface area contributed by atoms with Crippen molar-refractivity contribution in [2.24, 2.45) is 0 Å². The SMILES string of the molecule is Cc1nccn1CCn1ccc2ccc(CO)cc21. The Hall–Kier alpha value is -2.07. The number of aliphatic hydroxyl groups excluding tert-OH is 1. The van der Waals surface area contributed by atoms with Gasteiger partial charge in [0.1, 0.15) is 5.82 Å². The van der Waals surface area contributed by atoms with Gasteiger partial charge in [0.05, 0.1) is 6.61 Å². The number of rotatable bonds is 4. The Bertz CT molecular complexity index is 696. The summed E-state index contributed by atoms with van der Waals surface area (Å²) in [6, 6.07) is 8.18. The van der Waals surface area contributed by atoms with Crippen LogP contribution in [-0.2, 0) is 19.7 Å². The molecule has 1 aromatic carbocycles. The smallest absolute Gasteiger partial charge is 0.105 e. The number of fused-ring (bicyclic) bond motifs is 1. The first-order valence-corrected chi connectivity index (χ1v) is 6.44.